The molecule has 1 aromatic rings. The van der Waals surface area contributed by atoms with Gasteiger partial charge < -0.3 is 14.9 Å². The van der Waals surface area contributed by atoms with Gasteiger partial charge in [-0.25, -0.2) is 0 Å². The molecule has 0 fully saturated rings. The van der Waals surface area contributed by atoms with Crippen molar-refractivity contribution >= 4 is 15.9 Å². The summed E-state index contributed by atoms with van der Waals surface area (Å²) in [5.41, 5.74) is 0.837. The second-order valence-corrected chi connectivity index (χ2v) is 4.38. The Bertz CT molecular complexity index is 315. The molecule has 0 aliphatic rings. The third kappa shape index (κ3) is 3.81. The summed E-state index contributed by atoms with van der Waals surface area (Å²) in [7, 11) is 0. The van der Waals surface area contributed by atoms with Crippen LogP contribution in [0.15, 0.2) is 22.7 Å². The lowest BCUT2D eigenvalue weighted by molar-refractivity contribution is 0.174. The molecule has 1 rings (SSSR count). The van der Waals surface area contributed by atoms with Crippen molar-refractivity contribution in [3.05, 3.63) is 28.2 Å². The molecule has 0 aliphatic heterocycles. The first-order chi connectivity index (χ1) is 7.17. The standard InChI is InChI=1S/C11H15BrO3/c1-8(5-13)7-15-11-3-2-9(6-14)4-10(11)12/h2-4,8,13-14H,5-7H2,1H3. The second kappa shape index (κ2) is 6.10. The first kappa shape index (κ1) is 12.5. The Labute approximate surface area is 97.8 Å². The van der Waals surface area contributed by atoms with Crippen LogP contribution in [-0.2, 0) is 6.61 Å². The molecule has 2 N–H and O–H groups in total. The molecule has 0 aliphatic carbocycles. The predicted molar refractivity (Wildman–Crippen MR) is 61.8 cm³/mol. The Balaban J connectivity index is 2.62. The molecule has 15 heavy (non-hydrogen) atoms. The van der Waals surface area contributed by atoms with E-state index in [9.17, 15) is 0 Å². The highest BCUT2D eigenvalue weighted by Gasteiger charge is 2.05. The molecule has 0 spiro atoms. The highest BCUT2D eigenvalue weighted by atomic mass is 79.9. The van der Waals surface area contributed by atoms with Gasteiger partial charge in [-0.3, -0.25) is 0 Å². The number of benzene rings is 1. The summed E-state index contributed by atoms with van der Waals surface area (Å²) in [6, 6.07) is 5.43. The molecule has 3 nitrogen and oxygen atoms in total. The minimum atomic E-state index is 0.0198. The fourth-order valence-corrected chi connectivity index (χ4v) is 1.59. The van der Waals surface area contributed by atoms with Crippen LogP contribution in [0.1, 0.15) is 12.5 Å². The van der Waals surface area contributed by atoms with Gasteiger partial charge in [0, 0.05) is 12.5 Å². The van der Waals surface area contributed by atoms with Crippen molar-refractivity contribution in [3.63, 3.8) is 0 Å². The lowest BCUT2D eigenvalue weighted by Crippen LogP contribution is -2.12. The zero-order chi connectivity index (χ0) is 11.3. The average Bonchev–Trinajstić information content (AvgIpc) is 2.26. The Morgan fingerprint density at radius 3 is 2.67 bits per heavy atom. The second-order valence-electron chi connectivity index (χ2n) is 3.52. The number of ether oxygens (including phenoxy) is 1. The van der Waals surface area contributed by atoms with E-state index in [1.807, 2.05) is 19.1 Å². The average molecular weight is 275 g/mol. The highest BCUT2D eigenvalue weighted by Crippen LogP contribution is 2.26. The van der Waals surface area contributed by atoms with Crippen molar-refractivity contribution < 1.29 is 14.9 Å². The van der Waals surface area contributed by atoms with Gasteiger partial charge in [-0.15, -0.1) is 0 Å². The molecule has 0 aromatic heterocycles. The third-order valence-corrected chi connectivity index (χ3v) is 2.63. The monoisotopic (exact) mass is 274 g/mol. The summed E-state index contributed by atoms with van der Waals surface area (Å²) in [6.45, 7) is 2.53. The molecule has 4 heteroatoms. The van der Waals surface area contributed by atoms with Crippen LogP contribution < -0.4 is 4.74 Å². The van der Waals surface area contributed by atoms with Crippen molar-refractivity contribution in [3.8, 4) is 5.75 Å². The lowest BCUT2D eigenvalue weighted by Gasteiger charge is -2.12. The van der Waals surface area contributed by atoms with Gasteiger partial charge in [0.25, 0.3) is 0 Å². The molecule has 1 atom stereocenters. The van der Waals surface area contributed by atoms with E-state index in [1.54, 1.807) is 6.07 Å². The molecule has 84 valence electrons. The number of aliphatic hydroxyl groups excluding tert-OH is 2. The van der Waals surface area contributed by atoms with E-state index in [4.69, 9.17) is 14.9 Å². The molecule has 0 radical (unpaired) electrons. The molecule has 1 aromatic carbocycles. The summed E-state index contributed by atoms with van der Waals surface area (Å²) in [6.07, 6.45) is 0. The number of hydrogen-bond acceptors (Lipinski definition) is 3. The van der Waals surface area contributed by atoms with Gasteiger partial charge in [-0.2, -0.15) is 0 Å². The van der Waals surface area contributed by atoms with Crippen molar-refractivity contribution in [2.75, 3.05) is 13.2 Å². The number of rotatable bonds is 5. The molecule has 1 unspecified atom stereocenters. The predicted octanol–water partition coefficient (Wildman–Crippen LogP) is 1.95. The number of hydrogen-bond donors (Lipinski definition) is 2. The van der Waals surface area contributed by atoms with Crippen molar-refractivity contribution in [1.29, 1.82) is 0 Å². The molecule has 0 amide bonds. The normalized spacial score (nSPS) is 12.5. The Morgan fingerprint density at radius 1 is 1.40 bits per heavy atom. The zero-order valence-electron chi connectivity index (χ0n) is 8.61. The lowest BCUT2D eigenvalue weighted by atomic mass is 10.2. The first-order valence-electron chi connectivity index (χ1n) is 4.80. The first-order valence-corrected chi connectivity index (χ1v) is 5.59. The number of halogens is 1. The van der Waals surface area contributed by atoms with E-state index < -0.39 is 0 Å². The highest BCUT2D eigenvalue weighted by molar-refractivity contribution is 9.10. The van der Waals surface area contributed by atoms with Crippen LogP contribution in [0.3, 0.4) is 0 Å². The maximum absolute atomic E-state index is 8.91. The molecule has 0 saturated carbocycles. The minimum absolute atomic E-state index is 0.0198. The van der Waals surface area contributed by atoms with E-state index >= 15 is 0 Å². The van der Waals surface area contributed by atoms with E-state index in [0.717, 1.165) is 15.8 Å². The summed E-state index contributed by atoms with van der Waals surface area (Å²) < 4.78 is 6.32. The summed E-state index contributed by atoms with van der Waals surface area (Å²) >= 11 is 3.36. The van der Waals surface area contributed by atoms with Crippen LogP contribution in [0.4, 0.5) is 0 Å². The SMILES string of the molecule is CC(CO)COc1ccc(CO)cc1Br. The van der Waals surface area contributed by atoms with Crippen LogP contribution in [0.25, 0.3) is 0 Å². The summed E-state index contributed by atoms with van der Waals surface area (Å²) in [4.78, 5) is 0. The van der Waals surface area contributed by atoms with Gasteiger partial charge in [0.05, 0.1) is 17.7 Å². The minimum Gasteiger partial charge on any atom is -0.492 e. The molecular formula is C11H15BrO3. The number of aliphatic hydroxyl groups is 2. The van der Waals surface area contributed by atoms with Gasteiger partial charge in [0.15, 0.2) is 0 Å². The maximum Gasteiger partial charge on any atom is 0.133 e. The van der Waals surface area contributed by atoms with Crippen molar-refractivity contribution in [1.82, 2.24) is 0 Å². The van der Waals surface area contributed by atoms with Gasteiger partial charge in [0.2, 0.25) is 0 Å². The Hall–Kier alpha value is -0.580. The maximum atomic E-state index is 8.91. The van der Waals surface area contributed by atoms with E-state index in [-0.39, 0.29) is 19.1 Å². The topological polar surface area (TPSA) is 49.7 Å². The smallest absolute Gasteiger partial charge is 0.133 e. The fraction of sp³-hybridized carbons (Fsp3) is 0.455. The molecule has 0 bridgehead atoms. The van der Waals surface area contributed by atoms with Crippen molar-refractivity contribution in [2.24, 2.45) is 5.92 Å². The fourth-order valence-electron chi connectivity index (χ4n) is 1.04. The van der Waals surface area contributed by atoms with Crippen LogP contribution in [0.5, 0.6) is 5.75 Å². The van der Waals surface area contributed by atoms with E-state index in [1.165, 1.54) is 0 Å². The van der Waals surface area contributed by atoms with Gasteiger partial charge >= 0.3 is 0 Å². The largest absolute Gasteiger partial charge is 0.492 e. The molecule has 0 saturated heterocycles. The van der Waals surface area contributed by atoms with Crippen LogP contribution >= 0.6 is 15.9 Å². The molecular weight excluding hydrogens is 260 g/mol. The Kier molecular flexibility index (Phi) is 5.08. The van der Waals surface area contributed by atoms with Crippen LogP contribution in [-0.4, -0.2) is 23.4 Å². The zero-order valence-corrected chi connectivity index (χ0v) is 10.2. The quantitative estimate of drug-likeness (QED) is 0.863. The molecule has 0 heterocycles. The van der Waals surface area contributed by atoms with Gasteiger partial charge in [-0.05, 0) is 33.6 Å². The van der Waals surface area contributed by atoms with Crippen molar-refractivity contribution in [2.45, 2.75) is 13.5 Å². The summed E-state index contributed by atoms with van der Waals surface area (Å²) in [5, 5.41) is 17.8. The van der Waals surface area contributed by atoms with Gasteiger partial charge in [0.1, 0.15) is 5.75 Å². The third-order valence-electron chi connectivity index (χ3n) is 2.01. The van der Waals surface area contributed by atoms with E-state index in [0.29, 0.717) is 6.61 Å². The van der Waals surface area contributed by atoms with E-state index in [2.05, 4.69) is 15.9 Å². The summed E-state index contributed by atoms with van der Waals surface area (Å²) in [5.74, 6) is 0.849. The Morgan fingerprint density at radius 2 is 2.13 bits per heavy atom. The van der Waals surface area contributed by atoms with Gasteiger partial charge in [-0.1, -0.05) is 13.0 Å². The van der Waals surface area contributed by atoms with Crippen LogP contribution in [0, 0.1) is 5.92 Å². The van der Waals surface area contributed by atoms with Crippen LogP contribution in [0.2, 0.25) is 0 Å².